The maximum Gasteiger partial charge on any atom is 0.260 e. The molecule has 0 aliphatic rings. The topological polar surface area (TPSA) is 87.2 Å². The minimum absolute atomic E-state index is 0.110. The first kappa shape index (κ1) is 17.5. The fraction of sp³-hybridized carbons (Fsp3) is 0.0500. The van der Waals surface area contributed by atoms with Crippen LogP contribution in [-0.2, 0) is 9.84 Å². The van der Waals surface area contributed by atoms with Gasteiger partial charge in [-0.1, -0.05) is 42.5 Å². The average molecular weight is 397 g/mol. The van der Waals surface area contributed by atoms with Crippen LogP contribution in [0.4, 0.5) is 0 Å². The molecule has 0 amide bonds. The van der Waals surface area contributed by atoms with Crippen LogP contribution in [-0.4, -0.2) is 24.8 Å². The molecule has 4 rings (SSSR count). The second-order valence-electron chi connectivity index (χ2n) is 6.20. The van der Waals surface area contributed by atoms with Gasteiger partial charge in [-0.25, -0.2) is 8.42 Å². The highest BCUT2D eigenvalue weighted by Gasteiger charge is 2.19. The van der Waals surface area contributed by atoms with Gasteiger partial charge in [0.2, 0.25) is 0 Å². The fourth-order valence-electron chi connectivity index (χ4n) is 3.06. The van der Waals surface area contributed by atoms with E-state index in [-0.39, 0.29) is 21.8 Å². The molecule has 0 radical (unpaired) electrons. The van der Waals surface area contributed by atoms with Crippen LogP contribution in [0.15, 0.2) is 69.7 Å². The van der Waals surface area contributed by atoms with Gasteiger partial charge in [-0.2, -0.15) is 0 Å². The Morgan fingerprint density at radius 1 is 1.00 bits per heavy atom. The number of benzene rings is 2. The summed E-state index contributed by atoms with van der Waals surface area (Å²) in [6.45, 7) is 0. The Kier molecular flexibility index (Phi) is 4.13. The standard InChI is InChI=1S/C20H15NO4S2/c1-27(24,25)14-9-5-8-13(10-14)15-11-26-20-17(15)18(22)16(19(23)21-20)12-6-3-2-4-7-12/h2-11H,1H3,(H2,21,22,23). The molecule has 2 heterocycles. The van der Waals surface area contributed by atoms with Crippen LogP contribution in [0.2, 0.25) is 0 Å². The molecule has 2 aromatic carbocycles. The zero-order valence-corrected chi connectivity index (χ0v) is 15.9. The van der Waals surface area contributed by atoms with Crippen LogP contribution in [0.25, 0.3) is 32.5 Å². The van der Waals surface area contributed by atoms with Gasteiger partial charge < -0.3 is 10.1 Å². The zero-order valence-electron chi connectivity index (χ0n) is 14.3. The smallest absolute Gasteiger partial charge is 0.260 e. The third-order valence-electron chi connectivity index (χ3n) is 4.35. The second-order valence-corrected chi connectivity index (χ2v) is 9.09. The van der Waals surface area contributed by atoms with E-state index >= 15 is 0 Å². The van der Waals surface area contributed by atoms with Crippen molar-refractivity contribution in [3.05, 3.63) is 70.3 Å². The summed E-state index contributed by atoms with van der Waals surface area (Å²) in [7, 11) is -3.35. The number of H-pyrrole nitrogens is 1. The Balaban J connectivity index is 2.01. The normalized spacial score (nSPS) is 11.7. The molecule has 2 aromatic heterocycles. The van der Waals surface area contributed by atoms with E-state index in [0.717, 1.165) is 6.26 Å². The summed E-state index contributed by atoms with van der Waals surface area (Å²) in [5.41, 5.74) is 1.77. The summed E-state index contributed by atoms with van der Waals surface area (Å²) in [6.07, 6.45) is 1.15. The molecule has 136 valence electrons. The number of thiophene rings is 1. The Morgan fingerprint density at radius 2 is 1.70 bits per heavy atom. The number of aromatic nitrogens is 1. The Hall–Kier alpha value is -2.90. The predicted octanol–water partition coefficient (Wildman–Crippen LogP) is 4.03. The molecule has 0 bridgehead atoms. The van der Waals surface area contributed by atoms with Crippen molar-refractivity contribution in [2.24, 2.45) is 0 Å². The van der Waals surface area contributed by atoms with Crippen molar-refractivity contribution in [2.45, 2.75) is 4.90 Å². The number of fused-ring (bicyclic) bond motifs is 1. The van der Waals surface area contributed by atoms with Crippen LogP contribution in [0.1, 0.15) is 0 Å². The summed E-state index contributed by atoms with van der Waals surface area (Å²) in [6, 6.07) is 15.5. The van der Waals surface area contributed by atoms with E-state index in [1.165, 1.54) is 17.4 Å². The Morgan fingerprint density at radius 3 is 2.41 bits per heavy atom. The van der Waals surface area contributed by atoms with E-state index in [1.807, 2.05) is 6.07 Å². The third kappa shape index (κ3) is 3.05. The first-order valence-electron chi connectivity index (χ1n) is 8.08. The molecule has 0 unspecified atom stereocenters. The maximum absolute atomic E-state index is 12.5. The molecule has 0 spiro atoms. The molecule has 0 aliphatic carbocycles. The Labute approximate surface area is 159 Å². The van der Waals surface area contributed by atoms with Gasteiger partial charge in [0.05, 0.1) is 15.8 Å². The fourth-order valence-corrected chi connectivity index (χ4v) is 4.70. The number of rotatable bonds is 3. The molecular formula is C20H15NO4S2. The number of sulfone groups is 1. The summed E-state index contributed by atoms with van der Waals surface area (Å²) < 4.78 is 23.7. The predicted molar refractivity (Wildman–Crippen MR) is 108 cm³/mol. The van der Waals surface area contributed by atoms with Crippen molar-refractivity contribution >= 4 is 31.4 Å². The Bertz CT molecular complexity index is 1320. The van der Waals surface area contributed by atoms with Crippen molar-refractivity contribution in [3.63, 3.8) is 0 Å². The van der Waals surface area contributed by atoms with Gasteiger partial charge in [-0.15, -0.1) is 11.3 Å². The molecule has 0 saturated carbocycles. The maximum atomic E-state index is 12.5. The van der Waals surface area contributed by atoms with E-state index in [1.54, 1.807) is 47.8 Å². The molecule has 0 saturated heterocycles. The van der Waals surface area contributed by atoms with E-state index in [2.05, 4.69) is 4.98 Å². The summed E-state index contributed by atoms with van der Waals surface area (Å²) in [4.78, 5) is 16.1. The number of pyridine rings is 1. The van der Waals surface area contributed by atoms with Gasteiger partial charge in [0.25, 0.3) is 5.56 Å². The molecule has 0 atom stereocenters. The highest BCUT2D eigenvalue weighted by atomic mass is 32.2. The SMILES string of the molecule is CS(=O)(=O)c1cccc(-c2csc3[nH]c(=O)c(-c4ccccc4)c(O)c23)c1. The molecular weight excluding hydrogens is 382 g/mol. The van der Waals surface area contributed by atoms with Crippen LogP contribution in [0.3, 0.4) is 0 Å². The molecule has 4 aromatic rings. The van der Waals surface area contributed by atoms with Crippen molar-refractivity contribution < 1.29 is 13.5 Å². The lowest BCUT2D eigenvalue weighted by Crippen LogP contribution is -2.08. The first-order chi connectivity index (χ1) is 12.9. The van der Waals surface area contributed by atoms with Gasteiger partial charge in [0.1, 0.15) is 10.6 Å². The molecule has 0 aliphatic heterocycles. The van der Waals surface area contributed by atoms with Crippen LogP contribution in [0.5, 0.6) is 5.75 Å². The lowest BCUT2D eigenvalue weighted by Gasteiger charge is -2.08. The van der Waals surface area contributed by atoms with Gasteiger partial charge >= 0.3 is 0 Å². The molecule has 27 heavy (non-hydrogen) atoms. The van der Waals surface area contributed by atoms with Gasteiger partial charge in [0.15, 0.2) is 9.84 Å². The minimum atomic E-state index is -3.35. The minimum Gasteiger partial charge on any atom is -0.506 e. The lowest BCUT2D eigenvalue weighted by molar-refractivity contribution is 0.483. The molecule has 0 fully saturated rings. The summed E-state index contributed by atoms with van der Waals surface area (Å²) >= 11 is 1.29. The molecule has 5 nitrogen and oxygen atoms in total. The van der Waals surface area contributed by atoms with Crippen LogP contribution < -0.4 is 5.56 Å². The zero-order chi connectivity index (χ0) is 19.2. The summed E-state index contributed by atoms with van der Waals surface area (Å²) in [5.74, 6) is -0.110. The highest BCUT2D eigenvalue weighted by Crippen LogP contribution is 2.41. The van der Waals surface area contributed by atoms with Crippen molar-refractivity contribution in [3.8, 4) is 28.0 Å². The quantitative estimate of drug-likeness (QED) is 0.546. The number of nitrogens with one attached hydrogen (secondary N) is 1. The monoisotopic (exact) mass is 397 g/mol. The van der Waals surface area contributed by atoms with Crippen molar-refractivity contribution in [1.82, 2.24) is 4.98 Å². The lowest BCUT2D eigenvalue weighted by atomic mass is 10.0. The van der Waals surface area contributed by atoms with Gasteiger partial charge in [-0.3, -0.25) is 4.79 Å². The van der Waals surface area contributed by atoms with Gasteiger partial charge in [-0.05, 0) is 23.3 Å². The van der Waals surface area contributed by atoms with Gasteiger partial charge in [0, 0.05) is 17.2 Å². The number of aromatic amines is 1. The van der Waals surface area contributed by atoms with E-state index in [4.69, 9.17) is 0 Å². The number of hydrogen-bond acceptors (Lipinski definition) is 5. The first-order valence-corrected chi connectivity index (χ1v) is 10.9. The largest absolute Gasteiger partial charge is 0.506 e. The highest BCUT2D eigenvalue weighted by molar-refractivity contribution is 7.90. The van der Waals surface area contributed by atoms with Crippen LogP contribution in [0, 0.1) is 0 Å². The third-order valence-corrected chi connectivity index (χ3v) is 6.36. The number of hydrogen-bond donors (Lipinski definition) is 2. The van der Waals surface area contributed by atoms with Crippen molar-refractivity contribution in [1.29, 1.82) is 0 Å². The number of aromatic hydroxyl groups is 1. The molecule has 2 N–H and O–H groups in total. The second kappa shape index (κ2) is 6.37. The van der Waals surface area contributed by atoms with E-state index < -0.39 is 9.84 Å². The average Bonchev–Trinajstić information content (AvgIpc) is 3.06. The summed E-state index contributed by atoms with van der Waals surface area (Å²) in [5, 5.41) is 13.2. The van der Waals surface area contributed by atoms with Crippen LogP contribution >= 0.6 is 11.3 Å². The van der Waals surface area contributed by atoms with E-state index in [9.17, 15) is 18.3 Å². The molecule has 7 heteroatoms. The van der Waals surface area contributed by atoms with Crippen molar-refractivity contribution in [2.75, 3.05) is 6.26 Å². The van der Waals surface area contributed by atoms with E-state index in [0.29, 0.717) is 26.9 Å².